The van der Waals surface area contributed by atoms with Crippen molar-refractivity contribution in [2.45, 2.75) is 116 Å². The van der Waals surface area contributed by atoms with Crippen LogP contribution < -0.4 is 0 Å². The molecule has 0 radical (unpaired) electrons. The maximum atomic E-state index is 10.9. The Labute approximate surface area is 178 Å². The lowest BCUT2D eigenvalue weighted by Gasteiger charge is -2.05. The van der Waals surface area contributed by atoms with E-state index >= 15 is 0 Å². The van der Waals surface area contributed by atoms with Crippen LogP contribution in [0.1, 0.15) is 116 Å². The normalized spacial score (nSPS) is 12.7. The summed E-state index contributed by atoms with van der Waals surface area (Å²) in [4.78, 5) is 21.6. The molecule has 1 unspecified atom stereocenters. The van der Waals surface area contributed by atoms with Crippen molar-refractivity contribution in [3.8, 4) is 0 Å². The Morgan fingerprint density at radius 3 is 1.59 bits per heavy atom. The quantitative estimate of drug-likeness (QED) is 0.152. The molecule has 0 heterocycles. The van der Waals surface area contributed by atoms with Crippen molar-refractivity contribution in [1.29, 1.82) is 0 Å². The highest BCUT2D eigenvalue weighted by molar-refractivity contribution is 5.77. The van der Waals surface area contributed by atoms with Crippen LogP contribution in [-0.2, 0) is 9.59 Å². The lowest BCUT2D eigenvalue weighted by molar-refractivity contribution is -0.148. The molecule has 0 aromatic carbocycles. The molecular formula is C25H44O4. The Kier molecular flexibility index (Phi) is 20.0. The number of carbonyl (C=O) groups is 2. The third-order valence-corrected chi connectivity index (χ3v) is 5.30. The molecule has 0 saturated heterocycles. The Balaban J connectivity index is 3.41. The average Bonchev–Trinajstić information content (AvgIpc) is 2.68. The lowest BCUT2D eigenvalue weighted by Crippen LogP contribution is -2.16. The fraction of sp³-hybridized carbons (Fsp3) is 0.760. The first-order valence-electron chi connectivity index (χ1n) is 11.8. The number of aliphatic carboxylic acids is 2. The first-order chi connectivity index (χ1) is 14.1. The second kappa shape index (κ2) is 21.1. The summed E-state index contributed by atoms with van der Waals surface area (Å²) >= 11 is 0. The van der Waals surface area contributed by atoms with E-state index in [4.69, 9.17) is 10.2 Å². The van der Waals surface area contributed by atoms with E-state index in [9.17, 15) is 9.59 Å². The molecule has 0 bridgehead atoms. The SMILES string of the molecule is CCCCCCCCCCCCCCCC/C=C/C=C/CC(CC(=O)O)C(=O)O. The van der Waals surface area contributed by atoms with Gasteiger partial charge in [0, 0.05) is 0 Å². The van der Waals surface area contributed by atoms with Crippen molar-refractivity contribution < 1.29 is 19.8 Å². The van der Waals surface area contributed by atoms with E-state index in [1.54, 1.807) is 6.08 Å². The van der Waals surface area contributed by atoms with Crippen LogP contribution in [0, 0.1) is 5.92 Å². The summed E-state index contributed by atoms with van der Waals surface area (Å²) in [6.07, 6.45) is 27.7. The van der Waals surface area contributed by atoms with Crippen LogP contribution in [0.3, 0.4) is 0 Å². The minimum Gasteiger partial charge on any atom is -0.481 e. The number of carboxylic acids is 2. The minimum absolute atomic E-state index is 0.255. The van der Waals surface area contributed by atoms with Crippen molar-refractivity contribution in [2.24, 2.45) is 5.92 Å². The Bertz CT molecular complexity index is 454. The molecule has 4 nitrogen and oxygen atoms in total. The van der Waals surface area contributed by atoms with Gasteiger partial charge in [0.25, 0.3) is 0 Å². The third kappa shape index (κ3) is 21.0. The fourth-order valence-electron chi connectivity index (χ4n) is 3.44. The monoisotopic (exact) mass is 408 g/mol. The minimum atomic E-state index is -1.07. The number of carboxylic acid groups (broad SMARTS) is 2. The van der Waals surface area contributed by atoms with Gasteiger partial charge in [0.15, 0.2) is 0 Å². The molecule has 0 amide bonds. The summed E-state index contributed by atoms with van der Waals surface area (Å²) in [5.74, 6) is -2.97. The molecule has 0 aliphatic carbocycles. The van der Waals surface area contributed by atoms with Gasteiger partial charge in [-0.15, -0.1) is 0 Å². The van der Waals surface area contributed by atoms with Gasteiger partial charge >= 0.3 is 11.9 Å². The second-order valence-corrected chi connectivity index (χ2v) is 8.11. The molecule has 168 valence electrons. The molecular weight excluding hydrogens is 364 g/mol. The molecule has 0 aliphatic heterocycles. The molecule has 1 atom stereocenters. The summed E-state index contributed by atoms with van der Waals surface area (Å²) in [6.45, 7) is 2.27. The zero-order valence-electron chi connectivity index (χ0n) is 18.6. The van der Waals surface area contributed by atoms with E-state index in [2.05, 4.69) is 13.0 Å². The van der Waals surface area contributed by atoms with E-state index in [-0.39, 0.29) is 12.8 Å². The number of hydrogen-bond donors (Lipinski definition) is 2. The highest BCUT2D eigenvalue weighted by atomic mass is 16.4. The summed E-state index contributed by atoms with van der Waals surface area (Å²) in [5.41, 5.74) is 0. The van der Waals surface area contributed by atoms with E-state index in [1.807, 2.05) is 12.2 Å². The first kappa shape index (κ1) is 27.4. The van der Waals surface area contributed by atoms with Crippen molar-refractivity contribution in [2.75, 3.05) is 0 Å². The van der Waals surface area contributed by atoms with E-state index in [0.717, 1.165) is 6.42 Å². The molecule has 0 saturated carbocycles. The highest BCUT2D eigenvalue weighted by Gasteiger charge is 2.18. The van der Waals surface area contributed by atoms with Gasteiger partial charge in [-0.2, -0.15) is 0 Å². The van der Waals surface area contributed by atoms with Gasteiger partial charge in [0.05, 0.1) is 12.3 Å². The van der Waals surface area contributed by atoms with Crippen LogP contribution in [0.15, 0.2) is 24.3 Å². The molecule has 0 aromatic rings. The Morgan fingerprint density at radius 1 is 0.690 bits per heavy atom. The summed E-state index contributed by atoms with van der Waals surface area (Å²) in [5, 5.41) is 17.6. The van der Waals surface area contributed by atoms with Crippen molar-refractivity contribution in [1.82, 2.24) is 0 Å². The maximum absolute atomic E-state index is 10.9. The standard InChI is InChI=1S/C25H44O4/c1-2-3-4-5-6-7-8-9-10-11-12-13-14-15-16-17-18-19-20-21-23(25(28)29)22-24(26)27/h17-20,23H,2-16,21-22H2,1H3,(H,26,27)(H,28,29)/b18-17+,20-19+. The molecule has 0 aliphatic rings. The van der Waals surface area contributed by atoms with Gasteiger partial charge in [0.2, 0.25) is 0 Å². The predicted octanol–water partition coefficient (Wildman–Crippen LogP) is 7.54. The third-order valence-electron chi connectivity index (χ3n) is 5.30. The van der Waals surface area contributed by atoms with Gasteiger partial charge in [-0.3, -0.25) is 9.59 Å². The largest absolute Gasteiger partial charge is 0.481 e. The molecule has 0 spiro atoms. The molecule has 29 heavy (non-hydrogen) atoms. The maximum Gasteiger partial charge on any atom is 0.307 e. The number of unbranched alkanes of at least 4 members (excludes halogenated alkanes) is 14. The van der Waals surface area contributed by atoms with Crippen LogP contribution >= 0.6 is 0 Å². The molecule has 4 heteroatoms. The molecule has 0 aromatic heterocycles. The smallest absolute Gasteiger partial charge is 0.307 e. The van der Waals surface area contributed by atoms with Gasteiger partial charge in [-0.1, -0.05) is 115 Å². The number of allylic oxidation sites excluding steroid dienone is 4. The predicted molar refractivity (Wildman–Crippen MR) is 121 cm³/mol. The molecule has 0 fully saturated rings. The lowest BCUT2D eigenvalue weighted by atomic mass is 10.0. The Hall–Kier alpha value is -1.58. The zero-order valence-corrected chi connectivity index (χ0v) is 18.6. The van der Waals surface area contributed by atoms with Crippen LogP contribution in [0.2, 0.25) is 0 Å². The van der Waals surface area contributed by atoms with Crippen LogP contribution in [0.4, 0.5) is 0 Å². The van der Waals surface area contributed by atoms with E-state index in [1.165, 1.54) is 89.9 Å². The van der Waals surface area contributed by atoms with Crippen molar-refractivity contribution in [3.63, 3.8) is 0 Å². The average molecular weight is 409 g/mol. The van der Waals surface area contributed by atoms with E-state index in [0.29, 0.717) is 0 Å². The van der Waals surface area contributed by atoms with Crippen LogP contribution in [0.25, 0.3) is 0 Å². The fourth-order valence-corrected chi connectivity index (χ4v) is 3.44. The molecule has 0 rings (SSSR count). The highest BCUT2D eigenvalue weighted by Crippen LogP contribution is 2.13. The summed E-state index contributed by atoms with van der Waals surface area (Å²) in [6, 6.07) is 0. The number of rotatable bonds is 21. The van der Waals surface area contributed by atoms with Gasteiger partial charge in [-0.05, 0) is 19.3 Å². The van der Waals surface area contributed by atoms with Crippen LogP contribution in [0.5, 0.6) is 0 Å². The van der Waals surface area contributed by atoms with Gasteiger partial charge < -0.3 is 10.2 Å². The van der Waals surface area contributed by atoms with Crippen molar-refractivity contribution in [3.05, 3.63) is 24.3 Å². The van der Waals surface area contributed by atoms with E-state index < -0.39 is 17.9 Å². The first-order valence-corrected chi connectivity index (χ1v) is 11.8. The molecule has 2 N–H and O–H groups in total. The number of hydrogen-bond acceptors (Lipinski definition) is 2. The zero-order chi connectivity index (χ0) is 21.6. The van der Waals surface area contributed by atoms with Crippen molar-refractivity contribution >= 4 is 11.9 Å². The summed E-state index contributed by atoms with van der Waals surface area (Å²) in [7, 11) is 0. The van der Waals surface area contributed by atoms with Gasteiger partial charge in [-0.25, -0.2) is 0 Å². The van der Waals surface area contributed by atoms with Gasteiger partial charge in [0.1, 0.15) is 0 Å². The summed E-state index contributed by atoms with van der Waals surface area (Å²) < 4.78 is 0. The second-order valence-electron chi connectivity index (χ2n) is 8.11. The Morgan fingerprint density at radius 2 is 1.14 bits per heavy atom. The topological polar surface area (TPSA) is 74.6 Å². The van der Waals surface area contributed by atoms with Crippen LogP contribution in [-0.4, -0.2) is 22.2 Å².